The zero-order valence-corrected chi connectivity index (χ0v) is 14.9. The average molecular weight is 344 g/mol. The normalized spacial score (nSPS) is 10.2. The number of para-hydroxylation sites is 1. The number of fused-ring (bicyclic) bond motifs is 1. The molecule has 0 fully saturated rings. The maximum absolute atomic E-state index is 12.2. The topological polar surface area (TPSA) is 51.1 Å². The van der Waals surface area contributed by atoms with E-state index < -0.39 is 0 Å². The second-order valence-electron chi connectivity index (χ2n) is 6.17. The Kier molecular flexibility index (Phi) is 5.19. The lowest BCUT2D eigenvalue weighted by molar-refractivity contribution is -0.120. The molecule has 3 rings (SSSR count). The molecule has 2 aromatic carbocycles. The van der Waals surface area contributed by atoms with E-state index in [-0.39, 0.29) is 18.2 Å². The van der Waals surface area contributed by atoms with Crippen molar-refractivity contribution in [1.29, 1.82) is 0 Å². The number of hydrogen-bond acceptors (Lipinski definition) is 2. The minimum Gasteiger partial charge on any atom is -0.350 e. The number of Topliss-reactive ketones (excluding diaryl/α,β-unsaturated/α-hetero) is 1. The zero-order valence-electron chi connectivity index (χ0n) is 14.9. The monoisotopic (exact) mass is 344 g/mol. The fraction of sp³-hybridized carbons (Fsp3) is 0.182. The highest BCUT2D eigenvalue weighted by Crippen LogP contribution is 2.20. The van der Waals surface area contributed by atoms with Crippen molar-refractivity contribution in [3.05, 3.63) is 71.4 Å². The van der Waals surface area contributed by atoms with Crippen LogP contribution in [0.15, 0.2) is 54.7 Å². The molecule has 26 heavy (non-hydrogen) atoms. The minimum atomic E-state index is -0.0532. The van der Waals surface area contributed by atoms with Gasteiger partial charge in [-0.05, 0) is 30.7 Å². The van der Waals surface area contributed by atoms with Gasteiger partial charge in [-0.1, -0.05) is 42.2 Å². The zero-order chi connectivity index (χ0) is 18.5. The molecular formula is C22H20N2O2. The van der Waals surface area contributed by atoms with Gasteiger partial charge in [0.25, 0.3) is 0 Å². The number of carbonyl (C=O) groups excluding carboxylic acids is 2. The van der Waals surface area contributed by atoms with Crippen LogP contribution in [0.5, 0.6) is 0 Å². The second kappa shape index (κ2) is 7.71. The van der Waals surface area contributed by atoms with Crippen LogP contribution in [0.1, 0.15) is 28.4 Å². The van der Waals surface area contributed by atoms with Crippen LogP contribution < -0.4 is 5.32 Å². The fourth-order valence-corrected chi connectivity index (χ4v) is 2.88. The van der Waals surface area contributed by atoms with Gasteiger partial charge in [-0.3, -0.25) is 9.59 Å². The lowest BCUT2D eigenvalue weighted by Gasteiger charge is -2.00. The number of ketones is 1. The van der Waals surface area contributed by atoms with E-state index in [2.05, 4.69) is 17.2 Å². The summed E-state index contributed by atoms with van der Waals surface area (Å²) >= 11 is 0. The third-order valence-corrected chi connectivity index (χ3v) is 4.23. The Morgan fingerprint density at radius 1 is 1.08 bits per heavy atom. The number of nitrogens with zero attached hydrogens (tertiary/aromatic N) is 1. The van der Waals surface area contributed by atoms with Crippen molar-refractivity contribution in [1.82, 2.24) is 9.88 Å². The molecule has 3 aromatic rings. The summed E-state index contributed by atoms with van der Waals surface area (Å²) in [6.45, 7) is 1.82. The molecule has 1 amide bonds. The summed E-state index contributed by atoms with van der Waals surface area (Å²) < 4.78 is 2.03. The molecule has 0 aliphatic rings. The van der Waals surface area contributed by atoms with Crippen LogP contribution in [0, 0.1) is 11.8 Å². The number of benzene rings is 2. The third-order valence-electron chi connectivity index (χ3n) is 4.23. The maximum Gasteiger partial charge on any atom is 0.225 e. The number of amides is 1. The van der Waals surface area contributed by atoms with Crippen molar-refractivity contribution in [3.63, 3.8) is 0 Å². The first kappa shape index (κ1) is 17.5. The second-order valence-corrected chi connectivity index (χ2v) is 6.17. The predicted molar refractivity (Wildman–Crippen MR) is 103 cm³/mol. The van der Waals surface area contributed by atoms with Crippen molar-refractivity contribution in [2.75, 3.05) is 6.54 Å². The molecule has 4 heteroatoms. The van der Waals surface area contributed by atoms with Crippen LogP contribution in [-0.2, 0) is 18.3 Å². The van der Waals surface area contributed by atoms with E-state index >= 15 is 0 Å². The molecule has 130 valence electrons. The van der Waals surface area contributed by atoms with Crippen molar-refractivity contribution in [3.8, 4) is 11.8 Å². The highest BCUT2D eigenvalue weighted by Gasteiger charge is 2.09. The van der Waals surface area contributed by atoms with Gasteiger partial charge in [0.05, 0.1) is 13.0 Å². The van der Waals surface area contributed by atoms with E-state index in [1.54, 1.807) is 12.1 Å². The maximum atomic E-state index is 12.2. The van der Waals surface area contributed by atoms with Gasteiger partial charge in [-0.25, -0.2) is 0 Å². The van der Waals surface area contributed by atoms with E-state index in [0.717, 1.165) is 22.0 Å². The molecule has 1 aromatic heterocycles. The molecule has 0 spiro atoms. The molecule has 0 atom stereocenters. The summed E-state index contributed by atoms with van der Waals surface area (Å²) in [7, 11) is 1.98. The molecule has 0 bridgehead atoms. The van der Waals surface area contributed by atoms with Crippen molar-refractivity contribution in [2.45, 2.75) is 13.3 Å². The van der Waals surface area contributed by atoms with E-state index in [1.807, 2.05) is 54.2 Å². The molecule has 0 radical (unpaired) electrons. The molecule has 0 unspecified atom stereocenters. The van der Waals surface area contributed by atoms with Gasteiger partial charge in [0, 0.05) is 35.3 Å². The third kappa shape index (κ3) is 4.01. The summed E-state index contributed by atoms with van der Waals surface area (Å²) in [4.78, 5) is 23.4. The first-order chi connectivity index (χ1) is 12.5. The van der Waals surface area contributed by atoms with Gasteiger partial charge >= 0.3 is 0 Å². The molecule has 1 heterocycles. The van der Waals surface area contributed by atoms with Crippen LogP contribution in [0.4, 0.5) is 0 Å². The lowest BCUT2D eigenvalue weighted by Crippen LogP contribution is -2.25. The van der Waals surface area contributed by atoms with Gasteiger partial charge in [0.2, 0.25) is 5.91 Å². The number of aromatic nitrogens is 1. The molecule has 0 aliphatic carbocycles. The molecule has 0 saturated heterocycles. The standard InChI is InChI=1S/C22H20N2O2/c1-16(25)18-11-9-17(10-12-18)6-5-13-23-22(26)14-19-15-24(2)21-8-4-3-7-20(19)21/h3-4,7-12,15H,13-14H2,1-2H3,(H,23,26). The summed E-state index contributed by atoms with van der Waals surface area (Å²) in [6, 6.07) is 15.2. The molecule has 1 N–H and O–H groups in total. The Labute approximate surface area is 152 Å². The summed E-state index contributed by atoms with van der Waals surface area (Å²) in [5.41, 5.74) is 3.61. The van der Waals surface area contributed by atoms with Crippen LogP contribution in [0.2, 0.25) is 0 Å². The first-order valence-corrected chi connectivity index (χ1v) is 8.44. The molecule has 4 nitrogen and oxygen atoms in total. The summed E-state index contributed by atoms with van der Waals surface area (Å²) in [5.74, 6) is 5.90. The quantitative estimate of drug-likeness (QED) is 0.584. The van der Waals surface area contributed by atoms with Crippen LogP contribution in [-0.4, -0.2) is 22.8 Å². The average Bonchev–Trinajstić information content (AvgIpc) is 2.95. The Morgan fingerprint density at radius 2 is 1.81 bits per heavy atom. The van der Waals surface area contributed by atoms with Crippen LogP contribution in [0.3, 0.4) is 0 Å². The van der Waals surface area contributed by atoms with Gasteiger partial charge < -0.3 is 9.88 Å². The highest BCUT2D eigenvalue weighted by atomic mass is 16.1. The SMILES string of the molecule is CC(=O)c1ccc(C#CCNC(=O)Cc2cn(C)c3ccccc23)cc1. The Bertz CT molecular complexity index is 1020. The Morgan fingerprint density at radius 3 is 2.54 bits per heavy atom. The van der Waals surface area contributed by atoms with Crippen molar-refractivity contribution in [2.24, 2.45) is 7.05 Å². The van der Waals surface area contributed by atoms with E-state index in [4.69, 9.17) is 0 Å². The Balaban J connectivity index is 1.57. The predicted octanol–water partition coefficient (Wildman–Crippen LogP) is 3.09. The van der Waals surface area contributed by atoms with Gasteiger partial charge in [0.1, 0.15) is 0 Å². The number of rotatable bonds is 4. The van der Waals surface area contributed by atoms with Crippen molar-refractivity contribution < 1.29 is 9.59 Å². The van der Waals surface area contributed by atoms with E-state index in [9.17, 15) is 9.59 Å². The van der Waals surface area contributed by atoms with Gasteiger partial charge in [-0.2, -0.15) is 0 Å². The van der Waals surface area contributed by atoms with Crippen molar-refractivity contribution >= 4 is 22.6 Å². The fourth-order valence-electron chi connectivity index (χ4n) is 2.88. The number of aryl methyl sites for hydroxylation is 1. The van der Waals surface area contributed by atoms with E-state index in [0.29, 0.717) is 12.0 Å². The van der Waals surface area contributed by atoms with E-state index in [1.165, 1.54) is 6.92 Å². The summed E-state index contributed by atoms with van der Waals surface area (Å²) in [5, 5.41) is 3.93. The number of carbonyl (C=O) groups is 2. The van der Waals surface area contributed by atoms with Crippen LogP contribution >= 0.6 is 0 Å². The van der Waals surface area contributed by atoms with Gasteiger partial charge in [-0.15, -0.1) is 0 Å². The van der Waals surface area contributed by atoms with Crippen LogP contribution in [0.25, 0.3) is 10.9 Å². The van der Waals surface area contributed by atoms with Gasteiger partial charge in [0.15, 0.2) is 5.78 Å². The summed E-state index contributed by atoms with van der Waals surface area (Å²) in [6.07, 6.45) is 2.32. The largest absolute Gasteiger partial charge is 0.350 e. The first-order valence-electron chi connectivity index (χ1n) is 8.44. The molecule has 0 saturated carbocycles. The number of hydrogen-bond donors (Lipinski definition) is 1. The molecule has 0 aliphatic heterocycles. The smallest absolute Gasteiger partial charge is 0.225 e. The number of nitrogens with one attached hydrogen (secondary N) is 1. The lowest BCUT2D eigenvalue weighted by atomic mass is 10.1. The Hall–Kier alpha value is -3.32. The minimum absolute atomic E-state index is 0.0326. The molecular weight excluding hydrogens is 324 g/mol. The highest BCUT2D eigenvalue weighted by molar-refractivity contribution is 5.94.